The Morgan fingerprint density at radius 1 is 1.42 bits per heavy atom. The van der Waals surface area contributed by atoms with Crippen molar-refractivity contribution in [2.45, 2.75) is 13.0 Å². The summed E-state index contributed by atoms with van der Waals surface area (Å²) in [4.78, 5) is 17.2. The fraction of sp³-hybridized carbons (Fsp3) is 0.200. The summed E-state index contributed by atoms with van der Waals surface area (Å²) < 4.78 is 36.0. The molecule has 3 aromatic rings. The van der Waals surface area contributed by atoms with E-state index in [0.717, 1.165) is 4.96 Å². The summed E-state index contributed by atoms with van der Waals surface area (Å²) in [5, 5.41) is 4.52. The van der Waals surface area contributed by atoms with Crippen LogP contribution in [0.25, 0.3) is 4.96 Å². The monoisotopic (exact) mass is 353 g/mol. The van der Waals surface area contributed by atoms with E-state index in [-0.39, 0.29) is 23.8 Å². The molecule has 2 aromatic heterocycles. The number of hydrogen-bond donors (Lipinski definition) is 1. The van der Waals surface area contributed by atoms with Crippen molar-refractivity contribution in [3.8, 4) is 11.5 Å². The second-order valence-corrected chi connectivity index (χ2v) is 5.67. The van der Waals surface area contributed by atoms with Crippen molar-refractivity contribution >= 4 is 27.9 Å². The SMILES string of the molecule is COc1ccc(NC(=O)Cc2cn3ccsc3n2)cc1OC(F)F. The molecule has 0 fully saturated rings. The van der Waals surface area contributed by atoms with Crippen molar-refractivity contribution in [2.24, 2.45) is 0 Å². The molecule has 0 radical (unpaired) electrons. The Bertz CT molecular complexity index is 834. The molecule has 0 aliphatic rings. The summed E-state index contributed by atoms with van der Waals surface area (Å²) >= 11 is 1.47. The van der Waals surface area contributed by atoms with Gasteiger partial charge in [0.2, 0.25) is 5.91 Å². The van der Waals surface area contributed by atoms with E-state index in [1.807, 2.05) is 16.0 Å². The van der Waals surface area contributed by atoms with Crippen LogP contribution in [0.5, 0.6) is 11.5 Å². The lowest BCUT2D eigenvalue weighted by atomic mass is 10.2. The van der Waals surface area contributed by atoms with Gasteiger partial charge in [0.25, 0.3) is 0 Å². The molecule has 0 saturated carbocycles. The number of nitrogens with zero attached hydrogens (tertiary/aromatic N) is 2. The number of ether oxygens (including phenoxy) is 2. The van der Waals surface area contributed by atoms with Crippen molar-refractivity contribution in [3.63, 3.8) is 0 Å². The number of halogens is 2. The zero-order valence-corrected chi connectivity index (χ0v) is 13.3. The van der Waals surface area contributed by atoms with Gasteiger partial charge in [-0.1, -0.05) is 0 Å². The number of anilines is 1. The number of benzene rings is 1. The van der Waals surface area contributed by atoms with E-state index < -0.39 is 6.61 Å². The highest BCUT2D eigenvalue weighted by atomic mass is 32.1. The molecule has 0 saturated heterocycles. The van der Waals surface area contributed by atoms with E-state index in [4.69, 9.17) is 4.74 Å². The van der Waals surface area contributed by atoms with E-state index in [1.54, 1.807) is 12.3 Å². The Morgan fingerprint density at radius 2 is 2.25 bits per heavy atom. The molecule has 0 spiro atoms. The van der Waals surface area contributed by atoms with Gasteiger partial charge in [0.05, 0.1) is 19.2 Å². The lowest BCUT2D eigenvalue weighted by Gasteiger charge is -2.12. The number of thiazole rings is 1. The van der Waals surface area contributed by atoms with Crippen LogP contribution in [0.3, 0.4) is 0 Å². The van der Waals surface area contributed by atoms with Gasteiger partial charge in [-0.2, -0.15) is 8.78 Å². The highest BCUT2D eigenvalue weighted by Gasteiger charge is 2.13. The third-order valence-electron chi connectivity index (χ3n) is 3.15. The van der Waals surface area contributed by atoms with Crippen molar-refractivity contribution < 1.29 is 23.0 Å². The Balaban J connectivity index is 1.70. The summed E-state index contributed by atoms with van der Waals surface area (Å²) in [5.41, 5.74) is 0.953. The Kier molecular flexibility index (Phi) is 4.61. The molecule has 0 aliphatic carbocycles. The number of rotatable bonds is 6. The normalized spacial score (nSPS) is 11.0. The van der Waals surface area contributed by atoms with Crippen LogP contribution in [-0.4, -0.2) is 29.0 Å². The zero-order valence-electron chi connectivity index (χ0n) is 12.5. The van der Waals surface area contributed by atoms with Gasteiger partial charge in [-0.05, 0) is 12.1 Å². The fourth-order valence-electron chi connectivity index (χ4n) is 2.17. The molecule has 1 N–H and O–H groups in total. The standard InChI is InChI=1S/C15H13F2N3O3S/c1-22-11-3-2-9(6-12(11)23-14(16)17)18-13(21)7-10-8-20-4-5-24-15(20)19-10/h2-6,8,14H,7H2,1H3,(H,18,21). The maximum Gasteiger partial charge on any atom is 0.387 e. The van der Waals surface area contributed by atoms with E-state index in [9.17, 15) is 13.6 Å². The number of alkyl halides is 2. The Labute approximate surface area is 139 Å². The first-order chi connectivity index (χ1) is 11.5. The molecule has 126 valence electrons. The van der Waals surface area contributed by atoms with Crippen LogP contribution >= 0.6 is 11.3 Å². The number of nitrogens with one attached hydrogen (secondary N) is 1. The molecule has 0 bridgehead atoms. The average Bonchev–Trinajstić information content (AvgIpc) is 3.08. The number of carbonyl (C=O) groups is 1. The summed E-state index contributed by atoms with van der Waals surface area (Å²) in [6, 6.07) is 4.27. The predicted molar refractivity (Wildman–Crippen MR) is 85.0 cm³/mol. The topological polar surface area (TPSA) is 64.9 Å². The number of hydrogen-bond acceptors (Lipinski definition) is 5. The van der Waals surface area contributed by atoms with E-state index in [1.165, 1.54) is 30.6 Å². The lowest BCUT2D eigenvalue weighted by molar-refractivity contribution is -0.115. The molecular weight excluding hydrogens is 340 g/mol. The first-order valence-corrected chi connectivity index (χ1v) is 7.77. The van der Waals surface area contributed by atoms with Gasteiger partial charge in [0.1, 0.15) is 0 Å². The zero-order chi connectivity index (χ0) is 17.1. The lowest BCUT2D eigenvalue weighted by Crippen LogP contribution is -2.15. The van der Waals surface area contributed by atoms with Crippen molar-refractivity contribution in [2.75, 3.05) is 12.4 Å². The van der Waals surface area contributed by atoms with Crippen LogP contribution in [0.15, 0.2) is 36.0 Å². The van der Waals surface area contributed by atoms with Gasteiger partial charge in [-0.25, -0.2) is 4.98 Å². The third-order valence-corrected chi connectivity index (χ3v) is 3.92. The van der Waals surface area contributed by atoms with Crippen LogP contribution in [0, 0.1) is 0 Å². The minimum atomic E-state index is -2.98. The van der Waals surface area contributed by atoms with Crippen LogP contribution in [0.2, 0.25) is 0 Å². The van der Waals surface area contributed by atoms with Gasteiger partial charge in [0.15, 0.2) is 16.5 Å². The molecule has 2 heterocycles. The van der Waals surface area contributed by atoms with Gasteiger partial charge >= 0.3 is 6.61 Å². The van der Waals surface area contributed by atoms with Gasteiger partial charge in [-0.3, -0.25) is 9.20 Å². The number of imidazole rings is 1. The Hall–Kier alpha value is -2.68. The summed E-state index contributed by atoms with van der Waals surface area (Å²) in [7, 11) is 1.34. The second-order valence-electron chi connectivity index (χ2n) is 4.79. The largest absolute Gasteiger partial charge is 0.493 e. The number of carbonyl (C=O) groups excluding carboxylic acids is 1. The summed E-state index contributed by atoms with van der Waals surface area (Å²) in [6.07, 6.45) is 3.70. The highest BCUT2D eigenvalue weighted by molar-refractivity contribution is 7.15. The first-order valence-electron chi connectivity index (χ1n) is 6.89. The smallest absolute Gasteiger partial charge is 0.387 e. The molecule has 0 unspecified atom stereocenters. The molecular formula is C15H13F2N3O3S. The van der Waals surface area contributed by atoms with E-state index in [0.29, 0.717) is 11.4 Å². The maximum atomic E-state index is 12.4. The van der Waals surface area contributed by atoms with E-state index >= 15 is 0 Å². The Morgan fingerprint density at radius 3 is 2.96 bits per heavy atom. The molecule has 1 amide bonds. The summed E-state index contributed by atoms with van der Waals surface area (Å²) in [5.74, 6) is -0.302. The van der Waals surface area contributed by atoms with Crippen LogP contribution in [0.4, 0.5) is 14.5 Å². The van der Waals surface area contributed by atoms with Gasteiger partial charge in [-0.15, -0.1) is 11.3 Å². The third kappa shape index (κ3) is 3.62. The van der Waals surface area contributed by atoms with E-state index in [2.05, 4.69) is 15.0 Å². The molecule has 1 aromatic carbocycles. The van der Waals surface area contributed by atoms with Gasteiger partial charge < -0.3 is 14.8 Å². The minimum Gasteiger partial charge on any atom is -0.493 e. The number of amides is 1. The molecule has 0 aliphatic heterocycles. The summed E-state index contributed by atoms with van der Waals surface area (Å²) in [6.45, 7) is -2.98. The average molecular weight is 353 g/mol. The van der Waals surface area contributed by atoms with Crippen molar-refractivity contribution in [1.29, 1.82) is 0 Å². The molecule has 3 rings (SSSR count). The molecule has 9 heteroatoms. The first kappa shape index (κ1) is 16.2. The van der Waals surface area contributed by atoms with Crippen LogP contribution < -0.4 is 14.8 Å². The highest BCUT2D eigenvalue weighted by Crippen LogP contribution is 2.31. The maximum absolute atomic E-state index is 12.4. The number of fused-ring (bicyclic) bond motifs is 1. The fourth-order valence-corrected chi connectivity index (χ4v) is 2.89. The molecule has 24 heavy (non-hydrogen) atoms. The predicted octanol–water partition coefficient (Wildman–Crippen LogP) is 3.19. The minimum absolute atomic E-state index is 0.0749. The molecule has 0 atom stereocenters. The quantitative estimate of drug-likeness (QED) is 0.739. The number of aromatic nitrogens is 2. The number of methoxy groups -OCH3 is 1. The van der Waals surface area contributed by atoms with Gasteiger partial charge in [0, 0.05) is 29.5 Å². The molecule has 6 nitrogen and oxygen atoms in total. The van der Waals surface area contributed by atoms with Crippen molar-refractivity contribution in [3.05, 3.63) is 41.7 Å². The second kappa shape index (κ2) is 6.83. The van der Waals surface area contributed by atoms with Crippen LogP contribution in [0.1, 0.15) is 5.69 Å². The van der Waals surface area contributed by atoms with Crippen molar-refractivity contribution in [1.82, 2.24) is 9.38 Å². The van der Waals surface area contributed by atoms with Crippen LogP contribution in [-0.2, 0) is 11.2 Å².